The third-order valence-electron chi connectivity index (χ3n) is 4.77. The number of fused-ring (bicyclic) bond motifs is 2. The Kier molecular flexibility index (Phi) is 4.21. The summed E-state index contributed by atoms with van der Waals surface area (Å²) in [6, 6.07) is 0.0933. The first-order valence-electron chi connectivity index (χ1n) is 7.48. The first-order chi connectivity index (χ1) is 8.80. The number of nitrogens with two attached hydrogens (primary N) is 1. The van der Waals surface area contributed by atoms with Crippen molar-refractivity contribution >= 4 is 5.91 Å². The molecule has 0 aliphatic heterocycles. The summed E-state index contributed by atoms with van der Waals surface area (Å²) in [5, 5.41) is 3.14. The zero-order valence-corrected chi connectivity index (χ0v) is 12.8. The zero-order chi connectivity index (χ0) is 14.2. The van der Waals surface area contributed by atoms with Crippen LogP contribution in [0.5, 0.6) is 0 Å². The molecule has 4 nitrogen and oxygen atoms in total. The van der Waals surface area contributed by atoms with Crippen LogP contribution in [0.3, 0.4) is 0 Å². The fourth-order valence-electron chi connectivity index (χ4n) is 4.08. The van der Waals surface area contributed by atoms with Crippen LogP contribution in [-0.4, -0.2) is 44.0 Å². The molecule has 2 bridgehead atoms. The van der Waals surface area contributed by atoms with Gasteiger partial charge >= 0.3 is 0 Å². The topological polar surface area (TPSA) is 58.4 Å². The summed E-state index contributed by atoms with van der Waals surface area (Å²) in [6.07, 6.45) is 3.58. The van der Waals surface area contributed by atoms with Crippen LogP contribution in [-0.2, 0) is 4.79 Å². The minimum Gasteiger partial charge on any atom is -0.355 e. The van der Waals surface area contributed by atoms with Gasteiger partial charge in [0.1, 0.15) is 0 Å². The standard InChI is InChI=1S/C15H29N3O/c1-15(2,9-18(3)4)8-17-14(19)12-10-5-6-11(7-10)13(12)16/h10-13H,5-9,16H2,1-4H3,(H,17,19). The highest BCUT2D eigenvalue weighted by atomic mass is 16.1. The molecule has 4 atom stereocenters. The van der Waals surface area contributed by atoms with Crippen molar-refractivity contribution in [3.05, 3.63) is 0 Å². The Morgan fingerprint density at radius 1 is 1.32 bits per heavy atom. The number of carbonyl (C=O) groups is 1. The van der Waals surface area contributed by atoms with E-state index in [0.29, 0.717) is 11.8 Å². The molecule has 2 aliphatic rings. The quantitative estimate of drug-likeness (QED) is 0.783. The van der Waals surface area contributed by atoms with E-state index in [2.05, 4.69) is 38.2 Å². The predicted octanol–water partition coefficient (Wildman–Crippen LogP) is 1.06. The van der Waals surface area contributed by atoms with E-state index in [-0.39, 0.29) is 23.3 Å². The van der Waals surface area contributed by atoms with Gasteiger partial charge in [-0.15, -0.1) is 0 Å². The molecule has 0 aromatic rings. The largest absolute Gasteiger partial charge is 0.355 e. The van der Waals surface area contributed by atoms with Gasteiger partial charge < -0.3 is 16.0 Å². The summed E-state index contributed by atoms with van der Waals surface area (Å²) < 4.78 is 0. The highest BCUT2D eigenvalue weighted by Crippen LogP contribution is 2.47. The Balaban J connectivity index is 1.85. The summed E-state index contributed by atoms with van der Waals surface area (Å²) in [6.45, 7) is 6.07. The molecule has 19 heavy (non-hydrogen) atoms. The fraction of sp³-hybridized carbons (Fsp3) is 0.933. The second-order valence-electron chi connectivity index (χ2n) is 7.56. The van der Waals surface area contributed by atoms with Gasteiger partial charge in [-0.05, 0) is 50.6 Å². The van der Waals surface area contributed by atoms with Gasteiger partial charge in [0.05, 0.1) is 5.92 Å². The maximum atomic E-state index is 12.4. The minimum atomic E-state index is 0.0638. The molecule has 0 spiro atoms. The van der Waals surface area contributed by atoms with Crippen LogP contribution in [0.1, 0.15) is 33.1 Å². The lowest BCUT2D eigenvalue weighted by atomic mass is 9.84. The Labute approximate surface area is 117 Å². The summed E-state index contributed by atoms with van der Waals surface area (Å²) in [5.41, 5.74) is 6.31. The van der Waals surface area contributed by atoms with E-state index < -0.39 is 0 Å². The van der Waals surface area contributed by atoms with E-state index in [0.717, 1.165) is 13.1 Å². The maximum absolute atomic E-state index is 12.4. The van der Waals surface area contributed by atoms with Gasteiger partial charge in [-0.1, -0.05) is 13.8 Å². The SMILES string of the molecule is CN(C)CC(C)(C)CNC(=O)C1C2CCC(C2)C1N. The van der Waals surface area contributed by atoms with Gasteiger partial charge in [0, 0.05) is 19.1 Å². The normalized spacial score (nSPS) is 34.0. The molecule has 2 aliphatic carbocycles. The lowest BCUT2D eigenvalue weighted by molar-refractivity contribution is -0.127. The molecule has 0 aromatic heterocycles. The van der Waals surface area contributed by atoms with Gasteiger partial charge in [0.25, 0.3) is 0 Å². The molecule has 0 saturated heterocycles. The van der Waals surface area contributed by atoms with Crippen LogP contribution in [0, 0.1) is 23.2 Å². The smallest absolute Gasteiger partial charge is 0.224 e. The highest BCUT2D eigenvalue weighted by Gasteiger charge is 2.49. The van der Waals surface area contributed by atoms with Crippen molar-refractivity contribution in [1.29, 1.82) is 0 Å². The molecular weight excluding hydrogens is 238 g/mol. The molecule has 4 heteroatoms. The van der Waals surface area contributed by atoms with Crippen molar-refractivity contribution in [2.75, 3.05) is 27.2 Å². The Bertz CT molecular complexity index is 338. The molecule has 0 aromatic carbocycles. The number of hydrogen-bond donors (Lipinski definition) is 2. The first-order valence-corrected chi connectivity index (χ1v) is 7.48. The van der Waals surface area contributed by atoms with Crippen molar-refractivity contribution in [1.82, 2.24) is 10.2 Å². The number of carbonyl (C=O) groups excluding carboxylic acids is 1. The average molecular weight is 267 g/mol. The van der Waals surface area contributed by atoms with Crippen molar-refractivity contribution < 1.29 is 4.79 Å². The van der Waals surface area contributed by atoms with E-state index >= 15 is 0 Å². The highest BCUT2D eigenvalue weighted by molar-refractivity contribution is 5.80. The molecular formula is C15H29N3O. The van der Waals surface area contributed by atoms with Gasteiger partial charge in [-0.2, -0.15) is 0 Å². The minimum absolute atomic E-state index is 0.0638. The van der Waals surface area contributed by atoms with E-state index in [1.54, 1.807) is 0 Å². The molecule has 0 heterocycles. The van der Waals surface area contributed by atoms with E-state index in [4.69, 9.17) is 5.73 Å². The third kappa shape index (κ3) is 3.29. The average Bonchev–Trinajstić information content (AvgIpc) is 2.84. The molecule has 110 valence electrons. The Morgan fingerprint density at radius 2 is 1.95 bits per heavy atom. The van der Waals surface area contributed by atoms with Crippen LogP contribution < -0.4 is 11.1 Å². The van der Waals surface area contributed by atoms with Crippen LogP contribution in [0.25, 0.3) is 0 Å². The Hall–Kier alpha value is -0.610. The molecule has 2 rings (SSSR count). The van der Waals surface area contributed by atoms with Crippen molar-refractivity contribution in [3.63, 3.8) is 0 Å². The van der Waals surface area contributed by atoms with Crippen LogP contribution >= 0.6 is 0 Å². The van der Waals surface area contributed by atoms with Gasteiger partial charge in [-0.25, -0.2) is 0 Å². The molecule has 1 amide bonds. The van der Waals surface area contributed by atoms with Gasteiger partial charge in [0.15, 0.2) is 0 Å². The molecule has 0 radical (unpaired) electrons. The van der Waals surface area contributed by atoms with Crippen LogP contribution in [0.2, 0.25) is 0 Å². The lowest BCUT2D eigenvalue weighted by Crippen LogP contribution is -2.48. The number of rotatable bonds is 5. The molecule has 2 saturated carbocycles. The van der Waals surface area contributed by atoms with Crippen molar-refractivity contribution in [2.24, 2.45) is 28.9 Å². The van der Waals surface area contributed by atoms with Crippen LogP contribution in [0.15, 0.2) is 0 Å². The lowest BCUT2D eigenvalue weighted by Gasteiger charge is -2.31. The van der Waals surface area contributed by atoms with E-state index in [9.17, 15) is 4.79 Å². The third-order valence-corrected chi connectivity index (χ3v) is 4.77. The monoisotopic (exact) mass is 267 g/mol. The molecule has 2 fully saturated rings. The van der Waals surface area contributed by atoms with E-state index in [1.807, 2.05) is 0 Å². The summed E-state index contributed by atoms with van der Waals surface area (Å²) in [4.78, 5) is 14.5. The second-order valence-corrected chi connectivity index (χ2v) is 7.56. The summed E-state index contributed by atoms with van der Waals surface area (Å²) in [5.74, 6) is 1.38. The van der Waals surface area contributed by atoms with Crippen molar-refractivity contribution in [2.45, 2.75) is 39.2 Å². The van der Waals surface area contributed by atoms with Gasteiger partial charge in [0.2, 0.25) is 5.91 Å². The van der Waals surface area contributed by atoms with Crippen molar-refractivity contribution in [3.8, 4) is 0 Å². The first kappa shape index (κ1) is 14.8. The summed E-state index contributed by atoms with van der Waals surface area (Å²) in [7, 11) is 4.13. The molecule has 3 N–H and O–H groups in total. The zero-order valence-electron chi connectivity index (χ0n) is 12.8. The summed E-state index contributed by atoms with van der Waals surface area (Å²) >= 11 is 0. The maximum Gasteiger partial charge on any atom is 0.224 e. The fourth-order valence-corrected chi connectivity index (χ4v) is 4.08. The van der Waals surface area contributed by atoms with Crippen LogP contribution in [0.4, 0.5) is 0 Å². The van der Waals surface area contributed by atoms with Gasteiger partial charge in [-0.3, -0.25) is 4.79 Å². The van der Waals surface area contributed by atoms with E-state index in [1.165, 1.54) is 19.3 Å². The number of hydrogen-bond acceptors (Lipinski definition) is 3. The number of nitrogens with one attached hydrogen (secondary N) is 1. The predicted molar refractivity (Wildman–Crippen MR) is 77.6 cm³/mol. The second kappa shape index (κ2) is 5.41. The molecule has 4 unspecified atom stereocenters. The Morgan fingerprint density at radius 3 is 2.47 bits per heavy atom. The number of nitrogens with zero attached hydrogens (tertiary/aromatic N) is 1. The number of amides is 1.